The van der Waals surface area contributed by atoms with E-state index < -0.39 is 0 Å². The van der Waals surface area contributed by atoms with Gasteiger partial charge in [0.25, 0.3) is 0 Å². The monoisotopic (exact) mass is 314 g/mol. The van der Waals surface area contributed by atoms with Gasteiger partial charge in [0, 0.05) is 21.9 Å². The van der Waals surface area contributed by atoms with Gasteiger partial charge in [-0.05, 0) is 43.7 Å². The van der Waals surface area contributed by atoms with Crippen LogP contribution in [0.5, 0.6) is 0 Å². The van der Waals surface area contributed by atoms with E-state index in [0.29, 0.717) is 0 Å². The number of rotatable bonds is 3. The Morgan fingerprint density at radius 1 is 1.00 bits per heavy atom. The van der Waals surface area contributed by atoms with Crippen LogP contribution in [0, 0.1) is 13.8 Å². The van der Waals surface area contributed by atoms with Crippen LogP contribution in [0.2, 0.25) is 5.02 Å². The number of hydrogen-bond donors (Lipinski definition) is 0. The van der Waals surface area contributed by atoms with Crippen molar-refractivity contribution in [3.63, 3.8) is 0 Å². The van der Waals surface area contributed by atoms with E-state index >= 15 is 0 Å². The molecule has 1 heterocycles. The molecule has 2 nitrogen and oxygen atoms in total. The minimum Gasteiger partial charge on any atom is -0.227 e. The van der Waals surface area contributed by atoms with Crippen LogP contribution in [0.1, 0.15) is 16.8 Å². The third-order valence-electron chi connectivity index (χ3n) is 3.30. The summed E-state index contributed by atoms with van der Waals surface area (Å²) in [4.78, 5) is 9.24. The summed E-state index contributed by atoms with van der Waals surface area (Å²) in [5.74, 6) is 0.841. The maximum Gasteiger partial charge on any atom is 0.188 e. The zero-order chi connectivity index (χ0) is 14.8. The van der Waals surface area contributed by atoms with E-state index in [1.165, 1.54) is 11.1 Å². The first-order chi connectivity index (χ1) is 10.1. The van der Waals surface area contributed by atoms with Gasteiger partial charge in [-0.3, -0.25) is 0 Å². The van der Waals surface area contributed by atoms with Gasteiger partial charge in [-0.2, -0.15) is 0 Å². The summed E-state index contributed by atoms with van der Waals surface area (Å²) in [5.41, 5.74) is 4.49. The summed E-state index contributed by atoms with van der Waals surface area (Å²) < 4.78 is 0. The van der Waals surface area contributed by atoms with Crippen LogP contribution in [0.3, 0.4) is 0 Å². The molecule has 3 rings (SSSR count). The minimum atomic E-state index is 0.761. The Hall–Kier alpha value is -1.58. The Morgan fingerprint density at radius 3 is 2.52 bits per heavy atom. The van der Waals surface area contributed by atoms with Crippen LogP contribution < -0.4 is 0 Å². The van der Waals surface area contributed by atoms with E-state index in [-0.39, 0.29) is 0 Å². The van der Waals surface area contributed by atoms with Crippen molar-refractivity contribution in [2.75, 3.05) is 0 Å². The van der Waals surface area contributed by atoms with Crippen molar-refractivity contribution < 1.29 is 0 Å². The van der Waals surface area contributed by atoms with Gasteiger partial charge in [0.15, 0.2) is 5.16 Å². The molecule has 106 valence electrons. The lowest BCUT2D eigenvalue weighted by Gasteiger charge is -2.06. The predicted molar refractivity (Wildman–Crippen MR) is 90.0 cm³/mol. The molecule has 0 spiro atoms. The van der Waals surface area contributed by atoms with Crippen molar-refractivity contribution in [3.05, 3.63) is 64.3 Å². The van der Waals surface area contributed by atoms with E-state index in [1.54, 1.807) is 11.8 Å². The Balaban J connectivity index is 1.84. The van der Waals surface area contributed by atoms with Crippen molar-refractivity contribution >= 4 is 34.3 Å². The molecule has 0 saturated carbocycles. The van der Waals surface area contributed by atoms with E-state index in [1.807, 2.05) is 31.2 Å². The molecule has 0 fully saturated rings. The standard InChI is InChI=1S/C17H15ClN2S/c1-11-3-8-16-15(9-11)12(2)19-17(20-16)21-10-13-4-6-14(18)7-5-13/h3-9H,10H2,1-2H3. The summed E-state index contributed by atoms with van der Waals surface area (Å²) in [5, 5.41) is 2.71. The third kappa shape index (κ3) is 3.36. The van der Waals surface area contributed by atoms with Gasteiger partial charge >= 0.3 is 0 Å². The van der Waals surface area contributed by atoms with Gasteiger partial charge in [0.05, 0.1) is 5.52 Å². The van der Waals surface area contributed by atoms with Gasteiger partial charge in [-0.15, -0.1) is 0 Å². The summed E-state index contributed by atoms with van der Waals surface area (Å²) in [7, 11) is 0. The number of thioether (sulfide) groups is 1. The van der Waals surface area contributed by atoms with Gasteiger partial charge in [0.1, 0.15) is 0 Å². The van der Waals surface area contributed by atoms with Gasteiger partial charge in [-0.25, -0.2) is 9.97 Å². The van der Waals surface area contributed by atoms with Crippen LogP contribution in [-0.4, -0.2) is 9.97 Å². The number of fused-ring (bicyclic) bond motifs is 1. The first-order valence-corrected chi connectivity index (χ1v) is 8.10. The lowest BCUT2D eigenvalue weighted by molar-refractivity contribution is 0.968. The number of halogens is 1. The lowest BCUT2D eigenvalue weighted by atomic mass is 10.1. The van der Waals surface area contributed by atoms with Crippen molar-refractivity contribution in [3.8, 4) is 0 Å². The molecule has 0 aliphatic heterocycles. The molecule has 2 aromatic carbocycles. The first-order valence-electron chi connectivity index (χ1n) is 6.74. The summed E-state index contributed by atoms with van der Waals surface area (Å²) >= 11 is 7.54. The van der Waals surface area contributed by atoms with E-state index in [4.69, 9.17) is 11.6 Å². The molecule has 0 saturated heterocycles. The average Bonchev–Trinajstić information content (AvgIpc) is 2.47. The maximum absolute atomic E-state index is 5.90. The van der Waals surface area contributed by atoms with E-state index in [2.05, 4.69) is 35.1 Å². The molecule has 1 aromatic heterocycles. The fourth-order valence-electron chi connectivity index (χ4n) is 2.16. The molecule has 4 heteroatoms. The fourth-order valence-corrected chi connectivity index (χ4v) is 3.14. The molecule has 21 heavy (non-hydrogen) atoms. The van der Waals surface area contributed by atoms with Gasteiger partial charge in [0.2, 0.25) is 0 Å². The number of nitrogens with zero attached hydrogens (tertiary/aromatic N) is 2. The average molecular weight is 315 g/mol. The van der Waals surface area contributed by atoms with Crippen LogP contribution >= 0.6 is 23.4 Å². The SMILES string of the molecule is Cc1ccc2nc(SCc3ccc(Cl)cc3)nc(C)c2c1. The van der Waals surface area contributed by atoms with Crippen molar-refractivity contribution in [2.24, 2.45) is 0 Å². The normalized spacial score (nSPS) is 11.0. The zero-order valence-electron chi connectivity index (χ0n) is 11.9. The second-order valence-corrected chi connectivity index (χ2v) is 6.41. The number of hydrogen-bond acceptors (Lipinski definition) is 3. The maximum atomic E-state index is 5.90. The molecule has 0 N–H and O–H groups in total. The Bertz CT molecular complexity index is 785. The predicted octanol–water partition coefficient (Wildman–Crippen LogP) is 5.19. The lowest BCUT2D eigenvalue weighted by Crippen LogP contribution is -1.93. The first kappa shape index (κ1) is 14.4. The molecule has 0 aliphatic carbocycles. The smallest absolute Gasteiger partial charge is 0.188 e. The van der Waals surface area contributed by atoms with Gasteiger partial charge in [-0.1, -0.05) is 47.1 Å². The molecular formula is C17H15ClN2S. The summed E-state index contributed by atoms with van der Waals surface area (Å²) in [6.45, 7) is 4.12. The molecule has 0 unspecified atom stereocenters. The topological polar surface area (TPSA) is 25.8 Å². The highest BCUT2D eigenvalue weighted by molar-refractivity contribution is 7.98. The third-order valence-corrected chi connectivity index (χ3v) is 4.47. The molecule has 0 bridgehead atoms. The van der Waals surface area contributed by atoms with Gasteiger partial charge < -0.3 is 0 Å². The second kappa shape index (κ2) is 6.04. The summed E-state index contributed by atoms with van der Waals surface area (Å²) in [6.07, 6.45) is 0. The molecule has 0 atom stereocenters. The number of aromatic nitrogens is 2. The van der Waals surface area contributed by atoms with Crippen LogP contribution in [0.4, 0.5) is 0 Å². The van der Waals surface area contributed by atoms with E-state index in [0.717, 1.165) is 32.5 Å². The molecule has 3 aromatic rings. The highest BCUT2D eigenvalue weighted by atomic mass is 35.5. The molecular weight excluding hydrogens is 300 g/mol. The largest absolute Gasteiger partial charge is 0.227 e. The number of benzene rings is 2. The zero-order valence-corrected chi connectivity index (χ0v) is 13.5. The van der Waals surface area contributed by atoms with E-state index in [9.17, 15) is 0 Å². The molecule has 0 radical (unpaired) electrons. The Labute approximate surface area is 133 Å². The van der Waals surface area contributed by atoms with Crippen LogP contribution in [0.15, 0.2) is 47.6 Å². The van der Waals surface area contributed by atoms with Crippen molar-refractivity contribution in [1.82, 2.24) is 9.97 Å². The van der Waals surface area contributed by atoms with Crippen molar-refractivity contribution in [1.29, 1.82) is 0 Å². The quantitative estimate of drug-likeness (QED) is 0.491. The fraction of sp³-hybridized carbons (Fsp3) is 0.176. The minimum absolute atomic E-state index is 0.761. The second-order valence-electron chi connectivity index (χ2n) is 5.03. The Morgan fingerprint density at radius 2 is 1.76 bits per heavy atom. The number of aryl methyl sites for hydroxylation is 2. The van der Waals surface area contributed by atoms with Crippen LogP contribution in [-0.2, 0) is 5.75 Å². The van der Waals surface area contributed by atoms with Crippen molar-refractivity contribution in [2.45, 2.75) is 24.8 Å². The highest BCUT2D eigenvalue weighted by Gasteiger charge is 2.06. The highest BCUT2D eigenvalue weighted by Crippen LogP contribution is 2.24. The molecule has 0 aliphatic rings. The van der Waals surface area contributed by atoms with Crippen LogP contribution in [0.25, 0.3) is 10.9 Å². The Kier molecular flexibility index (Phi) is 4.13. The summed E-state index contributed by atoms with van der Waals surface area (Å²) in [6, 6.07) is 14.2. The molecule has 0 amide bonds.